The van der Waals surface area contributed by atoms with E-state index in [4.69, 9.17) is 20.9 Å². The Labute approximate surface area is 84.7 Å². The minimum atomic E-state index is -0.341. The maximum atomic E-state index is 10.9. The molecular weight excluding hydrogens is 184 g/mol. The fourth-order valence-electron chi connectivity index (χ4n) is 1.07. The number of ether oxygens (including phenoxy) is 2. The van der Waals surface area contributed by atoms with Crippen LogP contribution >= 0.6 is 0 Å². The summed E-state index contributed by atoms with van der Waals surface area (Å²) in [7, 11) is 0. The molecule has 0 bridgehead atoms. The molecular formula is C9H20N2O3. The number of carbonyl (C=O) groups excluding carboxylic acids is 1. The van der Waals surface area contributed by atoms with Crippen LogP contribution in [0.2, 0.25) is 0 Å². The molecule has 0 heterocycles. The normalized spacial score (nSPS) is 10.6. The highest BCUT2D eigenvalue weighted by atomic mass is 16.6. The van der Waals surface area contributed by atoms with E-state index in [1.165, 1.54) is 0 Å². The molecule has 0 amide bonds. The lowest BCUT2D eigenvalue weighted by atomic mass is 10.2. The van der Waals surface area contributed by atoms with Gasteiger partial charge in [-0.05, 0) is 32.9 Å². The molecule has 0 unspecified atom stereocenters. The molecule has 0 radical (unpaired) electrons. The standard InChI is InChI=1S/C9H20N2O3/c1-2-13-9(12)7-14-8(3-5-10)4-6-11/h8H,2-7,10-11H2,1H3. The highest BCUT2D eigenvalue weighted by molar-refractivity contribution is 5.70. The zero-order valence-electron chi connectivity index (χ0n) is 8.70. The Hall–Kier alpha value is -0.650. The minimum absolute atomic E-state index is 0.0154. The molecule has 84 valence electrons. The van der Waals surface area contributed by atoms with E-state index in [9.17, 15) is 4.79 Å². The molecule has 5 nitrogen and oxygen atoms in total. The van der Waals surface area contributed by atoms with Crippen LogP contribution in [0, 0.1) is 0 Å². The summed E-state index contributed by atoms with van der Waals surface area (Å²) in [6.45, 7) is 3.19. The van der Waals surface area contributed by atoms with E-state index in [1.54, 1.807) is 6.92 Å². The predicted octanol–water partition coefficient (Wildman–Crippen LogP) is -0.368. The van der Waals surface area contributed by atoms with Gasteiger partial charge in [0.1, 0.15) is 6.61 Å². The van der Waals surface area contributed by atoms with Crippen molar-refractivity contribution in [3.05, 3.63) is 0 Å². The van der Waals surface area contributed by atoms with Gasteiger partial charge in [-0.1, -0.05) is 0 Å². The zero-order valence-corrected chi connectivity index (χ0v) is 8.70. The first kappa shape index (κ1) is 13.4. The quantitative estimate of drug-likeness (QED) is 0.527. The SMILES string of the molecule is CCOC(=O)COC(CCN)CCN. The first-order valence-corrected chi connectivity index (χ1v) is 4.91. The summed E-state index contributed by atoms with van der Waals surface area (Å²) in [5.74, 6) is -0.341. The van der Waals surface area contributed by atoms with Crippen LogP contribution in [-0.4, -0.2) is 38.4 Å². The van der Waals surface area contributed by atoms with Gasteiger partial charge in [0.2, 0.25) is 0 Å². The second-order valence-corrected chi connectivity index (χ2v) is 2.89. The number of hydrogen-bond donors (Lipinski definition) is 2. The van der Waals surface area contributed by atoms with Gasteiger partial charge in [0.25, 0.3) is 0 Å². The van der Waals surface area contributed by atoms with Gasteiger partial charge in [-0.3, -0.25) is 0 Å². The number of hydrogen-bond acceptors (Lipinski definition) is 5. The van der Waals surface area contributed by atoms with Gasteiger partial charge < -0.3 is 20.9 Å². The molecule has 0 aliphatic carbocycles. The van der Waals surface area contributed by atoms with Gasteiger partial charge in [0, 0.05) is 0 Å². The molecule has 4 N–H and O–H groups in total. The first-order valence-electron chi connectivity index (χ1n) is 4.91. The Morgan fingerprint density at radius 3 is 2.29 bits per heavy atom. The lowest BCUT2D eigenvalue weighted by Crippen LogP contribution is -2.25. The van der Waals surface area contributed by atoms with Gasteiger partial charge in [-0.25, -0.2) is 4.79 Å². The maximum Gasteiger partial charge on any atom is 0.332 e. The van der Waals surface area contributed by atoms with E-state index >= 15 is 0 Å². The number of esters is 1. The molecule has 0 aliphatic rings. The second kappa shape index (κ2) is 8.93. The minimum Gasteiger partial charge on any atom is -0.464 e. The largest absolute Gasteiger partial charge is 0.464 e. The zero-order chi connectivity index (χ0) is 10.8. The van der Waals surface area contributed by atoms with Crippen LogP contribution in [-0.2, 0) is 14.3 Å². The van der Waals surface area contributed by atoms with Crippen LogP contribution < -0.4 is 11.5 Å². The molecule has 0 rings (SSSR count). The fraction of sp³-hybridized carbons (Fsp3) is 0.889. The Morgan fingerprint density at radius 2 is 1.86 bits per heavy atom. The third-order valence-corrected chi connectivity index (χ3v) is 1.72. The molecule has 0 aromatic heterocycles. The summed E-state index contributed by atoms with van der Waals surface area (Å²) in [4.78, 5) is 10.9. The molecule has 0 spiro atoms. The highest BCUT2D eigenvalue weighted by Gasteiger charge is 2.10. The summed E-state index contributed by atoms with van der Waals surface area (Å²) in [6.07, 6.45) is 1.40. The van der Waals surface area contributed by atoms with Crippen LogP contribution in [0.3, 0.4) is 0 Å². The summed E-state index contributed by atoms with van der Waals surface area (Å²) >= 11 is 0. The summed E-state index contributed by atoms with van der Waals surface area (Å²) in [5.41, 5.74) is 10.8. The Morgan fingerprint density at radius 1 is 1.29 bits per heavy atom. The summed E-state index contributed by atoms with van der Waals surface area (Å²) in [6, 6.07) is 0. The van der Waals surface area contributed by atoms with Gasteiger partial charge in [0.05, 0.1) is 12.7 Å². The summed E-state index contributed by atoms with van der Waals surface area (Å²) in [5, 5.41) is 0. The molecule has 0 saturated carbocycles. The lowest BCUT2D eigenvalue weighted by Gasteiger charge is -2.15. The fourth-order valence-corrected chi connectivity index (χ4v) is 1.07. The van der Waals surface area contributed by atoms with Crippen molar-refractivity contribution in [2.45, 2.75) is 25.9 Å². The van der Waals surface area contributed by atoms with Crippen molar-refractivity contribution >= 4 is 5.97 Å². The van der Waals surface area contributed by atoms with Gasteiger partial charge >= 0.3 is 5.97 Å². The number of nitrogens with two attached hydrogens (primary N) is 2. The van der Waals surface area contributed by atoms with Crippen molar-refractivity contribution in [3.8, 4) is 0 Å². The number of carbonyl (C=O) groups is 1. The van der Waals surface area contributed by atoms with E-state index < -0.39 is 0 Å². The van der Waals surface area contributed by atoms with Crippen molar-refractivity contribution in [3.63, 3.8) is 0 Å². The van der Waals surface area contributed by atoms with Crippen molar-refractivity contribution < 1.29 is 14.3 Å². The third-order valence-electron chi connectivity index (χ3n) is 1.72. The van der Waals surface area contributed by atoms with Gasteiger partial charge in [0.15, 0.2) is 0 Å². The van der Waals surface area contributed by atoms with Gasteiger partial charge in [-0.15, -0.1) is 0 Å². The van der Waals surface area contributed by atoms with Crippen LogP contribution in [0.15, 0.2) is 0 Å². The summed E-state index contributed by atoms with van der Waals surface area (Å²) < 4.78 is 10.0. The molecule has 5 heteroatoms. The molecule has 0 atom stereocenters. The Balaban J connectivity index is 3.63. The van der Waals surface area contributed by atoms with Gasteiger partial charge in [-0.2, -0.15) is 0 Å². The Bertz CT molecular complexity index is 147. The molecule has 0 aliphatic heterocycles. The molecule has 0 aromatic rings. The maximum absolute atomic E-state index is 10.9. The van der Waals surface area contributed by atoms with Crippen molar-refractivity contribution in [2.24, 2.45) is 11.5 Å². The van der Waals surface area contributed by atoms with E-state index in [1.807, 2.05) is 0 Å². The lowest BCUT2D eigenvalue weighted by molar-refractivity contribution is -0.150. The van der Waals surface area contributed by atoms with Crippen molar-refractivity contribution in [2.75, 3.05) is 26.3 Å². The topological polar surface area (TPSA) is 87.6 Å². The predicted molar refractivity (Wildman–Crippen MR) is 53.7 cm³/mol. The van der Waals surface area contributed by atoms with E-state index in [0.29, 0.717) is 19.7 Å². The molecule has 14 heavy (non-hydrogen) atoms. The van der Waals surface area contributed by atoms with Crippen LogP contribution in [0.4, 0.5) is 0 Å². The van der Waals surface area contributed by atoms with Crippen molar-refractivity contribution in [1.82, 2.24) is 0 Å². The molecule has 0 fully saturated rings. The van der Waals surface area contributed by atoms with Crippen LogP contribution in [0.25, 0.3) is 0 Å². The molecule has 0 saturated heterocycles. The highest BCUT2D eigenvalue weighted by Crippen LogP contribution is 2.01. The average Bonchev–Trinajstić information content (AvgIpc) is 2.15. The van der Waals surface area contributed by atoms with Crippen LogP contribution in [0.5, 0.6) is 0 Å². The van der Waals surface area contributed by atoms with Crippen LogP contribution in [0.1, 0.15) is 19.8 Å². The smallest absolute Gasteiger partial charge is 0.332 e. The number of rotatable bonds is 8. The van der Waals surface area contributed by atoms with Crippen molar-refractivity contribution in [1.29, 1.82) is 0 Å². The van der Waals surface area contributed by atoms with E-state index in [0.717, 1.165) is 12.8 Å². The average molecular weight is 204 g/mol. The second-order valence-electron chi connectivity index (χ2n) is 2.89. The monoisotopic (exact) mass is 204 g/mol. The third kappa shape index (κ3) is 6.82. The van der Waals surface area contributed by atoms with E-state index in [-0.39, 0.29) is 18.7 Å². The van der Waals surface area contributed by atoms with E-state index in [2.05, 4.69) is 0 Å². The first-order chi connectivity index (χ1) is 6.74. The molecule has 0 aromatic carbocycles. The Kier molecular flexibility index (Phi) is 8.51.